The number of aromatic nitrogens is 2. The van der Waals surface area contributed by atoms with Crippen LogP contribution in [0, 0.1) is 24.4 Å². The summed E-state index contributed by atoms with van der Waals surface area (Å²) in [6.07, 6.45) is 0.440. The van der Waals surface area contributed by atoms with Crippen molar-refractivity contribution in [2.45, 2.75) is 13.3 Å². The smallest absolute Gasteiger partial charge is 0.186 e. The van der Waals surface area contributed by atoms with Gasteiger partial charge in [-0.3, -0.25) is 0 Å². The molecule has 6 heteroatoms. The van der Waals surface area contributed by atoms with E-state index >= 15 is 0 Å². The van der Waals surface area contributed by atoms with Gasteiger partial charge in [-0.15, -0.1) is 11.3 Å². The lowest BCUT2D eigenvalue weighted by molar-refractivity contribution is 0.504. The second kappa shape index (κ2) is 5.09. The Labute approximate surface area is 133 Å². The molecule has 2 heterocycles. The number of hydrogen-bond acceptors (Lipinski definition) is 2. The summed E-state index contributed by atoms with van der Waals surface area (Å²) >= 11 is 1.06. The number of hydrogen-bond donors (Lipinski definition) is 1. The number of nitrogens with one attached hydrogen (secondary N) is 1. The molecule has 0 atom stereocenters. The number of H-pyrrole nitrogens is 1. The molecule has 0 saturated heterocycles. The van der Waals surface area contributed by atoms with Crippen LogP contribution in [0.4, 0.5) is 13.2 Å². The Morgan fingerprint density at radius 3 is 2.74 bits per heavy atom. The second-order valence-electron chi connectivity index (χ2n) is 5.39. The van der Waals surface area contributed by atoms with Crippen LogP contribution in [0.15, 0.2) is 30.3 Å². The molecule has 0 saturated carbocycles. The molecule has 0 radical (unpaired) electrons. The molecule has 0 unspecified atom stereocenters. The number of benzene rings is 2. The molecule has 116 valence electrons. The van der Waals surface area contributed by atoms with Gasteiger partial charge in [0.1, 0.15) is 11.3 Å². The summed E-state index contributed by atoms with van der Waals surface area (Å²) in [6, 6.07) is 8.40. The molecule has 2 aromatic heterocycles. The quantitative estimate of drug-likeness (QED) is 0.509. The SMILES string of the molecule is Cc1[nH]c2ccccc2c1Cc1nc2c(F)c(F)cc(F)c2s1. The molecule has 0 aliphatic rings. The van der Waals surface area contributed by atoms with Crippen LogP contribution in [-0.4, -0.2) is 9.97 Å². The van der Waals surface area contributed by atoms with E-state index in [4.69, 9.17) is 0 Å². The van der Waals surface area contributed by atoms with Crippen molar-refractivity contribution >= 4 is 32.5 Å². The third kappa shape index (κ3) is 2.21. The number of fused-ring (bicyclic) bond motifs is 2. The van der Waals surface area contributed by atoms with Gasteiger partial charge in [0.05, 0.1) is 9.71 Å². The van der Waals surface area contributed by atoms with E-state index < -0.39 is 17.5 Å². The average Bonchev–Trinajstić information content (AvgIpc) is 3.08. The highest BCUT2D eigenvalue weighted by Gasteiger charge is 2.18. The minimum atomic E-state index is -1.21. The van der Waals surface area contributed by atoms with E-state index in [0.29, 0.717) is 17.5 Å². The highest BCUT2D eigenvalue weighted by molar-refractivity contribution is 7.18. The number of nitrogens with zero attached hydrogens (tertiary/aromatic N) is 1. The largest absolute Gasteiger partial charge is 0.358 e. The summed E-state index contributed by atoms with van der Waals surface area (Å²) in [5, 5.41) is 1.60. The van der Waals surface area contributed by atoms with Crippen LogP contribution in [0.25, 0.3) is 21.1 Å². The van der Waals surface area contributed by atoms with Gasteiger partial charge in [-0.2, -0.15) is 0 Å². The van der Waals surface area contributed by atoms with Crippen molar-refractivity contribution in [2.24, 2.45) is 0 Å². The zero-order chi connectivity index (χ0) is 16.1. The first kappa shape index (κ1) is 14.3. The Bertz CT molecular complexity index is 1050. The molecular formula is C17H11F3N2S. The van der Waals surface area contributed by atoms with Gasteiger partial charge in [0.2, 0.25) is 0 Å². The van der Waals surface area contributed by atoms with Crippen LogP contribution >= 0.6 is 11.3 Å². The van der Waals surface area contributed by atoms with Crippen molar-refractivity contribution in [2.75, 3.05) is 0 Å². The molecule has 4 rings (SSSR count). The van der Waals surface area contributed by atoms with Crippen molar-refractivity contribution in [1.29, 1.82) is 0 Å². The normalized spacial score (nSPS) is 11.7. The highest BCUT2D eigenvalue weighted by Crippen LogP contribution is 2.32. The predicted molar refractivity (Wildman–Crippen MR) is 85.3 cm³/mol. The summed E-state index contributed by atoms with van der Waals surface area (Å²) in [5.41, 5.74) is 2.78. The minimum Gasteiger partial charge on any atom is -0.358 e. The van der Waals surface area contributed by atoms with Crippen LogP contribution in [0.1, 0.15) is 16.3 Å². The summed E-state index contributed by atoms with van der Waals surface area (Å²) in [6.45, 7) is 1.95. The van der Waals surface area contributed by atoms with Gasteiger partial charge < -0.3 is 4.98 Å². The van der Waals surface area contributed by atoms with E-state index in [1.807, 2.05) is 31.2 Å². The van der Waals surface area contributed by atoms with Crippen LogP contribution in [0.5, 0.6) is 0 Å². The Morgan fingerprint density at radius 1 is 1.13 bits per heavy atom. The Morgan fingerprint density at radius 2 is 1.91 bits per heavy atom. The molecule has 23 heavy (non-hydrogen) atoms. The van der Waals surface area contributed by atoms with Crippen LogP contribution in [0.2, 0.25) is 0 Å². The Hall–Kier alpha value is -2.34. The highest BCUT2D eigenvalue weighted by atomic mass is 32.1. The molecular weight excluding hydrogens is 321 g/mol. The lowest BCUT2D eigenvalue weighted by atomic mass is 10.1. The maximum absolute atomic E-state index is 13.8. The molecule has 2 nitrogen and oxygen atoms in total. The first-order valence-electron chi connectivity index (χ1n) is 7.03. The van der Waals surface area contributed by atoms with Crippen LogP contribution in [0.3, 0.4) is 0 Å². The number of halogens is 3. The molecule has 1 N–H and O–H groups in total. The first-order valence-corrected chi connectivity index (χ1v) is 7.85. The van der Waals surface area contributed by atoms with Crippen LogP contribution in [-0.2, 0) is 6.42 Å². The zero-order valence-corrected chi connectivity index (χ0v) is 12.9. The topological polar surface area (TPSA) is 28.7 Å². The lowest BCUT2D eigenvalue weighted by Crippen LogP contribution is -1.90. The fourth-order valence-corrected chi connectivity index (χ4v) is 3.80. The summed E-state index contributed by atoms with van der Waals surface area (Å²) in [7, 11) is 0. The van der Waals surface area contributed by atoms with Crippen LogP contribution < -0.4 is 0 Å². The second-order valence-corrected chi connectivity index (χ2v) is 6.47. The molecule has 0 spiro atoms. The number of para-hydroxylation sites is 1. The van der Waals surface area contributed by atoms with Gasteiger partial charge in [-0.05, 0) is 18.6 Å². The molecule has 4 aromatic rings. The van der Waals surface area contributed by atoms with E-state index in [1.54, 1.807) is 0 Å². The van der Waals surface area contributed by atoms with Gasteiger partial charge in [0.25, 0.3) is 0 Å². The van der Waals surface area contributed by atoms with Crippen molar-refractivity contribution in [3.8, 4) is 0 Å². The standard InChI is InChI=1S/C17H11F3N2S/c1-8-10(9-4-2-3-5-13(9)21-8)6-14-22-16-15(20)11(18)7-12(19)17(16)23-14/h2-5,7,21H,6H2,1H3. The van der Waals surface area contributed by atoms with E-state index in [0.717, 1.165) is 33.5 Å². The zero-order valence-electron chi connectivity index (χ0n) is 12.1. The minimum absolute atomic E-state index is 0.0522. The monoisotopic (exact) mass is 332 g/mol. The number of rotatable bonds is 2. The Balaban J connectivity index is 1.85. The third-order valence-corrected chi connectivity index (χ3v) is 4.98. The number of thiazole rings is 1. The number of aryl methyl sites for hydroxylation is 1. The Kier molecular flexibility index (Phi) is 3.16. The lowest BCUT2D eigenvalue weighted by Gasteiger charge is -1.97. The summed E-state index contributed by atoms with van der Waals surface area (Å²) in [5.74, 6) is -3.09. The molecule has 0 fully saturated rings. The maximum Gasteiger partial charge on any atom is 0.186 e. The molecule has 0 aliphatic heterocycles. The van der Waals surface area contributed by atoms with E-state index in [9.17, 15) is 13.2 Å². The van der Waals surface area contributed by atoms with Gasteiger partial charge in [-0.1, -0.05) is 18.2 Å². The molecule has 0 amide bonds. The maximum atomic E-state index is 13.8. The average molecular weight is 332 g/mol. The van der Waals surface area contributed by atoms with Gasteiger partial charge >= 0.3 is 0 Å². The molecule has 0 bridgehead atoms. The molecule has 0 aliphatic carbocycles. The van der Waals surface area contributed by atoms with Crippen molar-refractivity contribution in [1.82, 2.24) is 9.97 Å². The van der Waals surface area contributed by atoms with Gasteiger partial charge in [-0.25, -0.2) is 18.2 Å². The summed E-state index contributed by atoms with van der Waals surface area (Å²) in [4.78, 5) is 7.39. The third-order valence-electron chi connectivity index (χ3n) is 3.91. The fourth-order valence-electron chi connectivity index (χ4n) is 2.82. The molecule has 2 aromatic carbocycles. The van der Waals surface area contributed by atoms with E-state index in [-0.39, 0.29) is 10.2 Å². The van der Waals surface area contributed by atoms with Gasteiger partial charge in [0, 0.05) is 29.1 Å². The van der Waals surface area contributed by atoms with Crippen molar-refractivity contribution in [3.63, 3.8) is 0 Å². The van der Waals surface area contributed by atoms with E-state index in [1.165, 1.54) is 0 Å². The fraction of sp³-hybridized carbons (Fsp3) is 0.118. The summed E-state index contributed by atoms with van der Waals surface area (Å²) < 4.78 is 41.0. The van der Waals surface area contributed by atoms with Crippen molar-refractivity contribution in [3.05, 3.63) is 64.0 Å². The van der Waals surface area contributed by atoms with Gasteiger partial charge in [0.15, 0.2) is 11.6 Å². The van der Waals surface area contributed by atoms with E-state index in [2.05, 4.69) is 9.97 Å². The van der Waals surface area contributed by atoms with Crippen molar-refractivity contribution < 1.29 is 13.2 Å². The first-order chi connectivity index (χ1) is 11.0. The predicted octanol–water partition coefficient (Wildman–Crippen LogP) is 5.09. The number of aromatic amines is 1.